The molecule has 0 spiro atoms. The summed E-state index contributed by atoms with van der Waals surface area (Å²) in [6.45, 7) is 2.28. The molecular formula is C30H31F4NO3. The Morgan fingerprint density at radius 1 is 0.868 bits per heavy atom. The van der Waals surface area contributed by atoms with Crippen molar-refractivity contribution in [2.24, 2.45) is 5.92 Å². The Labute approximate surface area is 220 Å². The van der Waals surface area contributed by atoms with Gasteiger partial charge in [0.25, 0.3) is 0 Å². The Hall–Kier alpha value is -3.55. The van der Waals surface area contributed by atoms with E-state index in [1.54, 1.807) is 50.3 Å². The molecule has 0 aliphatic heterocycles. The Bertz CT molecular complexity index is 1210. The van der Waals surface area contributed by atoms with Crippen LogP contribution < -0.4 is 14.4 Å². The molecule has 0 saturated heterocycles. The molecule has 2 unspecified atom stereocenters. The van der Waals surface area contributed by atoms with Gasteiger partial charge in [-0.1, -0.05) is 31.2 Å². The molecule has 1 aliphatic rings. The predicted octanol–water partition coefficient (Wildman–Crippen LogP) is 7.54. The van der Waals surface area contributed by atoms with E-state index < -0.39 is 29.0 Å². The number of halogens is 4. The first-order valence-corrected chi connectivity index (χ1v) is 12.5. The number of methoxy groups -OCH3 is 2. The van der Waals surface area contributed by atoms with Crippen molar-refractivity contribution in [1.82, 2.24) is 0 Å². The number of benzene rings is 3. The number of alkyl halides is 3. The van der Waals surface area contributed by atoms with Gasteiger partial charge < -0.3 is 14.4 Å². The van der Waals surface area contributed by atoms with Crippen LogP contribution in [0.25, 0.3) is 0 Å². The van der Waals surface area contributed by atoms with Crippen LogP contribution in [-0.4, -0.2) is 20.0 Å². The first-order valence-electron chi connectivity index (χ1n) is 12.5. The Morgan fingerprint density at radius 2 is 1.39 bits per heavy atom. The minimum Gasteiger partial charge on any atom is -0.497 e. The number of Topliss-reactive ketones (excluding diaryl/α,β-unsaturated/α-hetero) is 1. The van der Waals surface area contributed by atoms with E-state index in [4.69, 9.17) is 9.47 Å². The zero-order valence-corrected chi connectivity index (χ0v) is 21.6. The number of hydrogen-bond donors (Lipinski definition) is 0. The highest BCUT2D eigenvalue weighted by Crippen LogP contribution is 2.46. The van der Waals surface area contributed by atoms with Crippen LogP contribution in [-0.2, 0) is 24.1 Å². The maximum atomic E-state index is 16.3. The molecule has 0 N–H and O–H groups in total. The lowest BCUT2D eigenvalue weighted by Gasteiger charge is -2.33. The molecule has 1 fully saturated rings. The number of anilines is 1. The van der Waals surface area contributed by atoms with E-state index in [1.165, 1.54) is 6.07 Å². The van der Waals surface area contributed by atoms with Gasteiger partial charge in [0.15, 0.2) is 5.82 Å². The van der Waals surface area contributed by atoms with Gasteiger partial charge in [0.2, 0.25) is 0 Å². The third-order valence-corrected chi connectivity index (χ3v) is 7.25. The maximum Gasteiger partial charge on any atom is 0.416 e. The molecule has 0 radical (unpaired) electrons. The first kappa shape index (κ1) is 27.5. The maximum absolute atomic E-state index is 16.3. The van der Waals surface area contributed by atoms with Crippen LogP contribution in [0, 0.1) is 11.7 Å². The van der Waals surface area contributed by atoms with Crippen molar-refractivity contribution in [3.63, 3.8) is 0 Å². The summed E-state index contributed by atoms with van der Waals surface area (Å²) in [5, 5.41) is 0. The van der Waals surface area contributed by atoms with Crippen molar-refractivity contribution < 1.29 is 31.8 Å². The lowest BCUT2D eigenvalue weighted by atomic mass is 9.74. The molecule has 8 heteroatoms. The Balaban J connectivity index is 1.81. The molecule has 4 rings (SSSR count). The van der Waals surface area contributed by atoms with Crippen LogP contribution in [0.1, 0.15) is 54.4 Å². The van der Waals surface area contributed by atoms with Crippen molar-refractivity contribution in [3.05, 3.63) is 88.7 Å². The minimum atomic E-state index is -4.74. The molecule has 0 aromatic heterocycles. The number of carbonyl (C=O) groups is 1. The summed E-state index contributed by atoms with van der Waals surface area (Å²) < 4.78 is 69.1. The number of nitrogens with zero attached hydrogens (tertiary/aromatic N) is 1. The SMILES string of the molecule is COc1ccc(CN(Cc2ccc(OC)cc2)c2ccc(C(F)(F)F)c(C3CC(=O)CCC3C)c2F)cc1. The first-order chi connectivity index (χ1) is 18.1. The fourth-order valence-corrected chi connectivity index (χ4v) is 5.09. The lowest BCUT2D eigenvalue weighted by Crippen LogP contribution is -2.28. The quantitative estimate of drug-likeness (QED) is 0.283. The lowest BCUT2D eigenvalue weighted by molar-refractivity contribution is -0.139. The fourth-order valence-electron chi connectivity index (χ4n) is 5.09. The number of hydrogen-bond acceptors (Lipinski definition) is 4. The molecule has 2 atom stereocenters. The van der Waals surface area contributed by atoms with Crippen LogP contribution >= 0.6 is 0 Å². The summed E-state index contributed by atoms with van der Waals surface area (Å²) in [5.41, 5.74) is 0.303. The zero-order chi connectivity index (χ0) is 27.4. The number of carbonyl (C=O) groups excluding carboxylic acids is 1. The van der Waals surface area contributed by atoms with Gasteiger partial charge in [-0.25, -0.2) is 4.39 Å². The molecule has 3 aromatic carbocycles. The largest absolute Gasteiger partial charge is 0.497 e. The molecule has 202 valence electrons. The van der Waals surface area contributed by atoms with E-state index >= 15 is 4.39 Å². The van der Waals surface area contributed by atoms with Crippen LogP contribution in [0.5, 0.6) is 11.5 Å². The molecule has 4 nitrogen and oxygen atoms in total. The van der Waals surface area contributed by atoms with Gasteiger partial charge in [-0.2, -0.15) is 13.2 Å². The van der Waals surface area contributed by atoms with Crippen molar-refractivity contribution >= 4 is 11.5 Å². The number of rotatable bonds is 8. The second-order valence-electron chi connectivity index (χ2n) is 9.78. The van der Waals surface area contributed by atoms with Gasteiger partial charge in [0.1, 0.15) is 17.3 Å². The van der Waals surface area contributed by atoms with Gasteiger partial charge >= 0.3 is 6.18 Å². The van der Waals surface area contributed by atoms with E-state index in [0.717, 1.165) is 17.2 Å². The monoisotopic (exact) mass is 529 g/mol. The number of ether oxygens (including phenoxy) is 2. The Morgan fingerprint density at radius 3 is 1.87 bits per heavy atom. The van der Waals surface area contributed by atoms with E-state index in [0.29, 0.717) is 24.3 Å². The third kappa shape index (κ3) is 6.11. The van der Waals surface area contributed by atoms with Crippen molar-refractivity contribution in [1.29, 1.82) is 0 Å². The van der Waals surface area contributed by atoms with Gasteiger partial charge in [-0.3, -0.25) is 4.79 Å². The van der Waals surface area contributed by atoms with E-state index in [1.807, 2.05) is 24.3 Å². The second-order valence-corrected chi connectivity index (χ2v) is 9.78. The van der Waals surface area contributed by atoms with Crippen LogP contribution in [0.15, 0.2) is 60.7 Å². The van der Waals surface area contributed by atoms with Crippen molar-refractivity contribution in [2.45, 2.75) is 51.4 Å². The second kappa shape index (κ2) is 11.5. The highest BCUT2D eigenvalue weighted by Gasteiger charge is 2.41. The fraction of sp³-hybridized carbons (Fsp3) is 0.367. The normalized spacial score (nSPS) is 17.8. The average molecular weight is 530 g/mol. The van der Waals surface area contributed by atoms with Gasteiger partial charge in [0.05, 0.1) is 25.5 Å². The van der Waals surface area contributed by atoms with Gasteiger partial charge in [0, 0.05) is 31.5 Å². The molecule has 1 saturated carbocycles. The highest BCUT2D eigenvalue weighted by molar-refractivity contribution is 5.80. The minimum absolute atomic E-state index is 0.0601. The third-order valence-electron chi connectivity index (χ3n) is 7.25. The molecule has 3 aromatic rings. The van der Waals surface area contributed by atoms with E-state index in [2.05, 4.69) is 0 Å². The van der Waals surface area contributed by atoms with Crippen molar-refractivity contribution in [2.75, 3.05) is 19.1 Å². The van der Waals surface area contributed by atoms with Crippen LogP contribution in [0.2, 0.25) is 0 Å². The summed E-state index contributed by atoms with van der Waals surface area (Å²) in [4.78, 5) is 14.0. The molecule has 0 heterocycles. The molecule has 38 heavy (non-hydrogen) atoms. The standard InChI is InChI=1S/C30H31F4NO3/c1-19-4-9-22(36)16-25(19)28-26(30(32,33)34)14-15-27(29(28)31)35(17-20-5-10-23(37-2)11-6-20)18-21-7-12-24(38-3)13-8-21/h5-8,10-15,19,25H,4,9,16-18H2,1-3H3. The van der Waals surface area contributed by atoms with Crippen molar-refractivity contribution in [3.8, 4) is 11.5 Å². The average Bonchev–Trinajstić information content (AvgIpc) is 2.90. The summed E-state index contributed by atoms with van der Waals surface area (Å²) in [6.07, 6.45) is -4.10. The highest BCUT2D eigenvalue weighted by atomic mass is 19.4. The number of ketones is 1. The topological polar surface area (TPSA) is 38.8 Å². The van der Waals surface area contributed by atoms with Crippen LogP contribution in [0.4, 0.5) is 23.2 Å². The van der Waals surface area contributed by atoms with Gasteiger partial charge in [-0.05, 0) is 65.8 Å². The predicted molar refractivity (Wildman–Crippen MR) is 138 cm³/mol. The molecule has 0 amide bonds. The Kier molecular flexibility index (Phi) is 8.29. The molecule has 0 bridgehead atoms. The summed E-state index contributed by atoms with van der Waals surface area (Å²) in [5.74, 6) is -0.830. The molecular weight excluding hydrogens is 498 g/mol. The smallest absolute Gasteiger partial charge is 0.416 e. The summed E-state index contributed by atoms with van der Waals surface area (Å²) >= 11 is 0. The van der Waals surface area contributed by atoms with Crippen LogP contribution in [0.3, 0.4) is 0 Å². The zero-order valence-electron chi connectivity index (χ0n) is 21.6. The summed E-state index contributed by atoms with van der Waals surface area (Å²) in [7, 11) is 3.11. The molecule has 1 aliphatic carbocycles. The summed E-state index contributed by atoms with van der Waals surface area (Å²) in [6, 6.07) is 16.6. The van der Waals surface area contributed by atoms with E-state index in [9.17, 15) is 18.0 Å². The van der Waals surface area contributed by atoms with E-state index in [-0.39, 0.29) is 36.9 Å². The van der Waals surface area contributed by atoms with Gasteiger partial charge in [-0.15, -0.1) is 0 Å².